The van der Waals surface area contributed by atoms with E-state index >= 15 is 0 Å². The maximum atomic E-state index is 12.6. The van der Waals surface area contributed by atoms with Crippen LogP contribution < -0.4 is 5.32 Å². The number of nitrogens with one attached hydrogen (secondary N) is 1. The Hall–Kier alpha value is -2.40. The largest absolute Gasteiger partial charge is 0.336 e. The molecule has 0 bridgehead atoms. The van der Waals surface area contributed by atoms with Crippen LogP contribution in [0.2, 0.25) is 0 Å². The minimum atomic E-state index is -0.0574. The lowest BCUT2D eigenvalue weighted by Gasteiger charge is -2.36. The molecule has 3 rings (SSSR count). The van der Waals surface area contributed by atoms with Gasteiger partial charge in [0.25, 0.3) is 0 Å². The zero-order valence-electron chi connectivity index (χ0n) is 16.3. The van der Waals surface area contributed by atoms with Crippen molar-refractivity contribution in [3.8, 4) is 0 Å². The van der Waals surface area contributed by atoms with Crippen molar-refractivity contribution in [1.29, 1.82) is 0 Å². The predicted octanol–water partition coefficient (Wildman–Crippen LogP) is 3.84. The maximum Gasteiger partial charge on any atom is 0.317 e. The van der Waals surface area contributed by atoms with E-state index in [1.54, 1.807) is 11.1 Å². The molecular weight excluding hydrogens is 336 g/mol. The van der Waals surface area contributed by atoms with Crippen molar-refractivity contribution in [3.63, 3.8) is 0 Å². The van der Waals surface area contributed by atoms with Gasteiger partial charge in [-0.05, 0) is 44.0 Å². The van der Waals surface area contributed by atoms with Crippen LogP contribution in [0.5, 0.6) is 0 Å². The van der Waals surface area contributed by atoms with E-state index in [-0.39, 0.29) is 12.1 Å². The molecular formula is C22H30N4O. The minimum absolute atomic E-state index is 0.0432. The Morgan fingerprint density at radius 2 is 2.00 bits per heavy atom. The standard InChI is InChI=1S/C22H30N4O/c1-18(21-13-6-8-14-23-21)25(2)22(27)24-16-20-12-7-9-15-26(20)17-19-10-4-3-5-11-19/h3-6,8,10-11,13-14,18,20H,7,9,12,15-17H2,1-2H3,(H,24,27). The van der Waals surface area contributed by atoms with Crippen LogP contribution in [0.15, 0.2) is 54.7 Å². The molecule has 2 atom stereocenters. The van der Waals surface area contributed by atoms with Crippen LogP contribution in [0.4, 0.5) is 4.79 Å². The highest BCUT2D eigenvalue weighted by atomic mass is 16.2. The average molecular weight is 367 g/mol. The fourth-order valence-electron chi connectivity index (χ4n) is 3.64. The van der Waals surface area contributed by atoms with E-state index in [4.69, 9.17) is 0 Å². The van der Waals surface area contributed by atoms with Crippen molar-refractivity contribution in [2.45, 2.75) is 44.8 Å². The number of benzene rings is 1. The Morgan fingerprint density at radius 3 is 2.74 bits per heavy atom. The van der Waals surface area contributed by atoms with Gasteiger partial charge in [0.2, 0.25) is 0 Å². The molecule has 1 saturated heterocycles. The van der Waals surface area contributed by atoms with E-state index in [2.05, 4.69) is 45.5 Å². The molecule has 2 unspecified atom stereocenters. The summed E-state index contributed by atoms with van der Waals surface area (Å²) in [6, 6.07) is 16.7. The van der Waals surface area contributed by atoms with Crippen molar-refractivity contribution in [2.75, 3.05) is 20.1 Å². The third kappa shape index (κ3) is 5.30. The van der Waals surface area contributed by atoms with Gasteiger partial charge in [0.15, 0.2) is 0 Å². The number of hydrogen-bond acceptors (Lipinski definition) is 3. The number of aromatic nitrogens is 1. The molecule has 1 aliphatic heterocycles. The molecule has 1 aliphatic rings. The van der Waals surface area contributed by atoms with Crippen LogP contribution in [0.25, 0.3) is 0 Å². The Balaban J connectivity index is 1.54. The molecule has 0 radical (unpaired) electrons. The number of hydrogen-bond donors (Lipinski definition) is 1. The molecule has 1 aromatic carbocycles. The first-order chi connectivity index (χ1) is 13.1. The van der Waals surface area contributed by atoms with Gasteiger partial charge in [0, 0.05) is 32.4 Å². The van der Waals surface area contributed by atoms with Crippen LogP contribution >= 0.6 is 0 Å². The minimum Gasteiger partial charge on any atom is -0.336 e. The lowest BCUT2D eigenvalue weighted by atomic mass is 10.0. The number of amides is 2. The molecule has 0 spiro atoms. The second-order valence-electron chi connectivity index (χ2n) is 7.33. The van der Waals surface area contributed by atoms with Crippen LogP contribution in [0, 0.1) is 0 Å². The van der Waals surface area contributed by atoms with E-state index in [0.717, 1.165) is 25.2 Å². The molecule has 1 aromatic heterocycles. The second kappa shape index (κ2) is 9.51. The third-order valence-electron chi connectivity index (χ3n) is 5.48. The van der Waals surface area contributed by atoms with E-state index < -0.39 is 0 Å². The highest BCUT2D eigenvalue weighted by Crippen LogP contribution is 2.20. The zero-order chi connectivity index (χ0) is 19.1. The number of likely N-dealkylation sites (tertiary alicyclic amines) is 1. The molecule has 2 heterocycles. The van der Waals surface area contributed by atoms with Gasteiger partial charge < -0.3 is 10.2 Å². The molecule has 2 amide bonds. The smallest absolute Gasteiger partial charge is 0.317 e. The van der Waals surface area contributed by atoms with Crippen molar-refractivity contribution >= 4 is 6.03 Å². The van der Waals surface area contributed by atoms with Crippen LogP contribution in [0.1, 0.15) is 43.5 Å². The summed E-state index contributed by atoms with van der Waals surface area (Å²) >= 11 is 0. The van der Waals surface area contributed by atoms with Gasteiger partial charge in [-0.1, -0.05) is 42.8 Å². The lowest BCUT2D eigenvalue weighted by Crippen LogP contribution is -2.48. The second-order valence-corrected chi connectivity index (χ2v) is 7.33. The number of carbonyl (C=O) groups is 1. The van der Waals surface area contributed by atoms with Crippen LogP contribution in [-0.4, -0.2) is 47.0 Å². The van der Waals surface area contributed by atoms with Crippen molar-refractivity contribution in [3.05, 3.63) is 66.0 Å². The first-order valence-electron chi connectivity index (χ1n) is 9.84. The number of pyridine rings is 1. The Labute approximate surface area is 162 Å². The highest BCUT2D eigenvalue weighted by molar-refractivity contribution is 5.74. The number of rotatable bonds is 6. The predicted molar refractivity (Wildman–Crippen MR) is 108 cm³/mol. The summed E-state index contributed by atoms with van der Waals surface area (Å²) in [5.41, 5.74) is 2.23. The topological polar surface area (TPSA) is 48.5 Å². The van der Waals surface area contributed by atoms with Gasteiger partial charge in [0.05, 0.1) is 11.7 Å². The fraction of sp³-hybridized carbons (Fsp3) is 0.455. The highest BCUT2D eigenvalue weighted by Gasteiger charge is 2.24. The summed E-state index contributed by atoms with van der Waals surface area (Å²) < 4.78 is 0. The molecule has 0 aliphatic carbocycles. The SMILES string of the molecule is CC(c1ccccn1)N(C)C(=O)NCC1CCCCN1Cc1ccccc1. The number of piperidine rings is 1. The quantitative estimate of drug-likeness (QED) is 0.845. The number of urea groups is 1. The fourth-order valence-corrected chi connectivity index (χ4v) is 3.64. The van der Waals surface area contributed by atoms with Crippen molar-refractivity contribution in [2.24, 2.45) is 0 Å². The molecule has 0 saturated carbocycles. The van der Waals surface area contributed by atoms with Crippen LogP contribution in [-0.2, 0) is 6.54 Å². The Kier molecular flexibility index (Phi) is 6.82. The monoisotopic (exact) mass is 366 g/mol. The van der Waals surface area contributed by atoms with Crippen LogP contribution in [0.3, 0.4) is 0 Å². The van der Waals surface area contributed by atoms with Gasteiger partial charge in [-0.2, -0.15) is 0 Å². The first-order valence-corrected chi connectivity index (χ1v) is 9.84. The average Bonchev–Trinajstić information content (AvgIpc) is 2.73. The molecule has 1 N–H and O–H groups in total. The van der Waals surface area contributed by atoms with E-state index in [9.17, 15) is 4.79 Å². The summed E-state index contributed by atoms with van der Waals surface area (Å²) in [4.78, 5) is 21.2. The molecule has 1 fully saturated rings. The number of carbonyl (C=O) groups excluding carboxylic acids is 1. The summed E-state index contributed by atoms with van der Waals surface area (Å²) in [6.45, 7) is 4.73. The van der Waals surface area contributed by atoms with Gasteiger partial charge in [0.1, 0.15) is 0 Å². The first kappa shape index (κ1) is 19.4. The Morgan fingerprint density at radius 1 is 1.22 bits per heavy atom. The van der Waals surface area contributed by atoms with Crippen molar-refractivity contribution in [1.82, 2.24) is 20.1 Å². The maximum absolute atomic E-state index is 12.6. The third-order valence-corrected chi connectivity index (χ3v) is 5.48. The molecule has 2 aromatic rings. The zero-order valence-corrected chi connectivity index (χ0v) is 16.3. The van der Waals surface area contributed by atoms with Gasteiger partial charge in [-0.25, -0.2) is 4.79 Å². The molecule has 5 heteroatoms. The van der Waals surface area contributed by atoms with E-state index in [1.807, 2.05) is 32.2 Å². The molecule has 5 nitrogen and oxygen atoms in total. The molecule has 27 heavy (non-hydrogen) atoms. The summed E-state index contributed by atoms with van der Waals surface area (Å²) in [5, 5.41) is 3.14. The Bertz CT molecular complexity index is 707. The lowest BCUT2D eigenvalue weighted by molar-refractivity contribution is 0.134. The van der Waals surface area contributed by atoms with Gasteiger partial charge >= 0.3 is 6.03 Å². The molecule has 144 valence electrons. The summed E-state index contributed by atoms with van der Waals surface area (Å²) in [6.07, 6.45) is 5.35. The van der Waals surface area contributed by atoms with E-state index in [0.29, 0.717) is 12.6 Å². The van der Waals surface area contributed by atoms with E-state index in [1.165, 1.54) is 18.4 Å². The van der Waals surface area contributed by atoms with Crippen molar-refractivity contribution < 1.29 is 4.79 Å². The normalized spacial score (nSPS) is 18.7. The summed E-state index contributed by atoms with van der Waals surface area (Å²) in [7, 11) is 1.83. The number of nitrogens with zero attached hydrogens (tertiary/aromatic N) is 3. The van der Waals surface area contributed by atoms with Gasteiger partial charge in [-0.15, -0.1) is 0 Å². The van der Waals surface area contributed by atoms with Gasteiger partial charge in [-0.3, -0.25) is 9.88 Å². The summed E-state index contributed by atoms with van der Waals surface area (Å²) in [5.74, 6) is 0.